The molecule has 6 aliphatic rings. The maximum atomic E-state index is 7.76. The molecule has 1 atom stereocenters. The minimum absolute atomic E-state index is 0.00761. The van der Waals surface area contributed by atoms with Crippen LogP contribution < -0.4 is 26.4 Å². The monoisotopic (exact) mass is 935 g/mol. The third-order valence-electron chi connectivity index (χ3n) is 19.4. The van der Waals surface area contributed by atoms with Crippen molar-refractivity contribution in [3.63, 3.8) is 0 Å². The number of benzene rings is 6. The Morgan fingerprint density at radius 2 is 1.17 bits per heavy atom. The number of fused-ring (bicyclic) bond motifs is 13. The maximum Gasteiger partial charge on any atom is 0.297 e. The highest BCUT2D eigenvalue weighted by molar-refractivity contribution is 7.00. The third-order valence-corrected chi connectivity index (χ3v) is 19.4. The van der Waals surface area contributed by atoms with Crippen molar-refractivity contribution < 1.29 is 4.42 Å². The van der Waals surface area contributed by atoms with Gasteiger partial charge >= 0.3 is 0 Å². The van der Waals surface area contributed by atoms with Crippen molar-refractivity contribution in [1.82, 2.24) is 0 Å². The van der Waals surface area contributed by atoms with E-state index < -0.39 is 0 Å². The summed E-state index contributed by atoms with van der Waals surface area (Å²) >= 11 is 0. The molecule has 13 rings (SSSR count). The molecule has 1 fully saturated rings. The van der Waals surface area contributed by atoms with Gasteiger partial charge in [0.15, 0.2) is 0 Å². The van der Waals surface area contributed by atoms with E-state index in [2.05, 4.69) is 203 Å². The Balaban J connectivity index is 1.20. The Morgan fingerprint density at radius 1 is 0.549 bits per heavy atom. The average molecular weight is 935 g/mol. The molecule has 0 spiro atoms. The highest BCUT2D eigenvalue weighted by Crippen LogP contribution is 2.57. The van der Waals surface area contributed by atoms with Crippen molar-refractivity contribution in [2.24, 2.45) is 0 Å². The molecule has 0 N–H and O–H groups in total. The number of hydrogen-bond acceptors (Lipinski definition) is 3. The highest BCUT2D eigenvalue weighted by atomic mass is 16.3. The van der Waals surface area contributed by atoms with Gasteiger partial charge in [0.05, 0.1) is 17.0 Å². The molecule has 4 heterocycles. The van der Waals surface area contributed by atoms with E-state index in [-0.39, 0.29) is 39.2 Å². The second-order valence-corrected chi connectivity index (χ2v) is 27.4. The highest BCUT2D eigenvalue weighted by Gasteiger charge is 2.51. The first-order chi connectivity index (χ1) is 33.5. The molecular formula is C67H75BN2O. The van der Waals surface area contributed by atoms with Gasteiger partial charge in [-0.25, -0.2) is 0 Å². The van der Waals surface area contributed by atoms with Crippen molar-refractivity contribution in [2.45, 2.75) is 186 Å². The lowest BCUT2D eigenvalue weighted by Crippen LogP contribution is -2.61. The molecule has 0 saturated heterocycles. The first kappa shape index (κ1) is 45.4. The lowest BCUT2D eigenvalue weighted by molar-refractivity contribution is 0.332. The molecule has 3 nitrogen and oxygen atoms in total. The molecule has 0 radical (unpaired) electrons. The van der Waals surface area contributed by atoms with Crippen LogP contribution in [0.3, 0.4) is 0 Å². The fourth-order valence-electron chi connectivity index (χ4n) is 14.5. The Labute approximate surface area is 425 Å². The minimum atomic E-state index is -0.151. The van der Waals surface area contributed by atoms with Gasteiger partial charge in [-0.3, -0.25) is 0 Å². The largest absolute Gasteiger partial charge is 0.468 e. The van der Waals surface area contributed by atoms with E-state index in [1.54, 1.807) is 0 Å². The summed E-state index contributed by atoms with van der Waals surface area (Å²) in [4.78, 5) is 5.42. The van der Waals surface area contributed by atoms with Crippen molar-refractivity contribution in [1.29, 1.82) is 0 Å². The molecule has 1 aromatic heterocycles. The summed E-state index contributed by atoms with van der Waals surface area (Å²) in [5, 5.41) is 1.24. The molecule has 71 heavy (non-hydrogen) atoms. The third kappa shape index (κ3) is 6.60. The standard InChI is InChI=1S/C67H75BN2O/c1-62(2,3)43-22-25-46(26-23-43)69-56-33-42(40-18-15-14-16-19-40)34-57-59(56)68(61-60(69)48-36-49-51(39-58(48)71-61)65(9,10)29-28-64(49,7)8)53-37-50-52-38-55(53)70(57)54-27-24-44(63(4,5)6)35-47(54)41-20-17-21-45(32-41)67(52,13)31-30-66(50,11)12/h17,20-27,32-40H,14-16,18-19,28-31H2,1-13H3. The van der Waals surface area contributed by atoms with Crippen molar-refractivity contribution in [3.8, 4) is 11.1 Å². The van der Waals surface area contributed by atoms with Crippen LogP contribution >= 0.6 is 0 Å². The average Bonchev–Trinajstić information content (AvgIpc) is 3.71. The van der Waals surface area contributed by atoms with Crippen LogP contribution in [-0.2, 0) is 32.5 Å². The summed E-state index contributed by atoms with van der Waals surface area (Å²) in [6.45, 7) is 31.4. The normalized spacial score (nSPS) is 21.3. The molecule has 4 bridgehead atoms. The smallest absolute Gasteiger partial charge is 0.297 e. The Morgan fingerprint density at radius 3 is 1.85 bits per heavy atom. The first-order valence-corrected chi connectivity index (χ1v) is 27.5. The van der Waals surface area contributed by atoms with Gasteiger partial charge in [0.1, 0.15) is 5.58 Å². The van der Waals surface area contributed by atoms with Crippen LogP contribution in [0.4, 0.5) is 34.1 Å². The number of hydrogen-bond donors (Lipinski definition) is 0. The maximum absolute atomic E-state index is 7.76. The molecule has 3 aliphatic heterocycles. The number of nitrogens with zero attached hydrogens (tertiary/aromatic N) is 2. The molecule has 362 valence electrons. The van der Waals surface area contributed by atoms with E-state index in [9.17, 15) is 0 Å². The van der Waals surface area contributed by atoms with E-state index in [0.29, 0.717) is 5.92 Å². The van der Waals surface area contributed by atoms with Gasteiger partial charge in [0, 0.05) is 39.1 Å². The first-order valence-electron chi connectivity index (χ1n) is 27.5. The van der Waals surface area contributed by atoms with Crippen LogP contribution in [0.5, 0.6) is 0 Å². The van der Waals surface area contributed by atoms with Gasteiger partial charge < -0.3 is 14.2 Å². The fourth-order valence-corrected chi connectivity index (χ4v) is 14.5. The van der Waals surface area contributed by atoms with Crippen molar-refractivity contribution in [3.05, 3.63) is 148 Å². The van der Waals surface area contributed by atoms with E-state index in [1.807, 2.05) is 0 Å². The van der Waals surface area contributed by atoms with Gasteiger partial charge in [0.2, 0.25) is 0 Å². The predicted octanol–water partition coefficient (Wildman–Crippen LogP) is 16.9. The molecule has 3 aliphatic carbocycles. The summed E-state index contributed by atoms with van der Waals surface area (Å²) in [7, 11) is 0. The zero-order valence-electron chi connectivity index (χ0n) is 45.1. The van der Waals surface area contributed by atoms with E-state index in [4.69, 9.17) is 4.42 Å². The van der Waals surface area contributed by atoms with E-state index in [1.165, 1.54) is 145 Å². The van der Waals surface area contributed by atoms with Crippen LogP contribution in [0, 0.1) is 0 Å². The molecule has 6 aromatic carbocycles. The lowest BCUT2D eigenvalue weighted by Gasteiger charge is -2.48. The topological polar surface area (TPSA) is 19.6 Å². The predicted molar refractivity (Wildman–Crippen MR) is 303 cm³/mol. The quantitative estimate of drug-likeness (QED) is 0.161. The van der Waals surface area contributed by atoms with E-state index >= 15 is 0 Å². The molecule has 1 unspecified atom stereocenters. The lowest BCUT2D eigenvalue weighted by atomic mass is 9.35. The molecule has 1 saturated carbocycles. The van der Waals surface area contributed by atoms with Crippen LogP contribution in [-0.4, -0.2) is 6.71 Å². The van der Waals surface area contributed by atoms with Gasteiger partial charge in [-0.05, 0) is 187 Å². The van der Waals surface area contributed by atoms with Gasteiger partial charge in [-0.1, -0.05) is 158 Å². The summed E-state index contributed by atoms with van der Waals surface area (Å²) in [5.74, 6) is 0.501. The minimum Gasteiger partial charge on any atom is -0.468 e. The SMILES string of the molecule is CC(C)(C)c1ccc(N2c3cc(C4CCCCC4)cc4c3B(c3cc5c6cc3N4c3ccc(C(C)(C)C)cc3-c3cccc(c3)C6(C)CCC5(C)C)c3oc4cc5c(cc4c32)C(C)(C)CCC5(C)C)cc1. The van der Waals surface area contributed by atoms with Gasteiger partial charge in [-0.15, -0.1) is 0 Å². The Bertz CT molecular complexity index is 3380. The molecule has 7 aromatic rings. The summed E-state index contributed by atoms with van der Waals surface area (Å²) in [6, 6.07) is 42.5. The van der Waals surface area contributed by atoms with Crippen molar-refractivity contribution >= 4 is 68.4 Å². The zero-order valence-corrected chi connectivity index (χ0v) is 45.1. The summed E-state index contributed by atoms with van der Waals surface area (Å²) in [5.41, 5.74) is 26.5. The van der Waals surface area contributed by atoms with Crippen LogP contribution in [0.25, 0.3) is 22.1 Å². The van der Waals surface area contributed by atoms with Crippen molar-refractivity contribution in [2.75, 3.05) is 9.80 Å². The van der Waals surface area contributed by atoms with Gasteiger partial charge in [0.25, 0.3) is 6.71 Å². The Hall–Kier alpha value is -5.48. The zero-order chi connectivity index (χ0) is 49.5. The molecular weight excluding hydrogens is 860 g/mol. The van der Waals surface area contributed by atoms with E-state index in [0.717, 1.165) is 30.5 Å². The number of rotatable bonds is 2. The fraction of sp³-hybridized carbons (Fsp3) is 0.433. The summed E-state index contributed by atoms with van der Waals surface area (Å²) < 4.78 is 7.76. The van der Waals surface area contributed by atoms with Crippen LogP contribution in [0.15, 0.2) is 108 Å². The van der Waals surface area contributed by atoms with Crippen LogP contribution in [0.1, 0.15) is 198 Å². The second kappa shape index (κ2) is 14.8. The molecule has 0 amide bonds. The van der Waals surface area contributed by atoms with Crippen LogP contribution in [0.2, 0.25) is 0 Å². The number of anilines is 6. The second-order valence-electron chi connectivity index (χ2n) is 27.4. The molecule has 4 heteroatoms. The number of furan rings is 1. The van der Waals surface area contributed by atoms with Gasteiger partial charge in [-0.2, -0.15) is 0 Å². The summed E-state index contributed by atoms with van der Waals surface area (Å²) in [6.07, 6.45) is 10.9. The Kier molecular flexibility index (Phi) is 9.48.